The minimum Gasteiger partial charge on any atom is -0.349 e. The van der Waals surface area contributed by atoms with Crippen LogP contribution in [0.5, 0.6) is 0 Å². The summed E-state index contributed by atoms with van der Waals surface area (Å²) in [6, 6.07) is 8.74. The van der Waals surface area contributed by atoms with E-state index in [0.717, 1.165) is 5.56 Å². The van der Waals surface area contributed by atoms with Crippen molar-refractivity contribution < 1.29 is 14.6 Å². The second kappa shape index (κ2) is 6.67. The van der Waals surface area contributed by atoms with E-state index in [-0.39, 0.29) is 5.91 Å². The third kappa shape index (κ3) is 4.79. The van der Waals surface area contributed by atoms with Gasteiger partial charge in [0.05, 0.1) is 11.8 Å². The van der Waals surface area contributed by atoms with Crippen molar-refractivity contribution in [1.82, 2.24) is 5.32 Å². The molecule has 1 aromatic rings. The molecule has 0 aliphatic carbocycles. The standard InChI is InChI=1S/C11H17N2O3P/c1-8(17(15)16)13-11(14)10(12)7-9-5-3-2-4-6-9/h2-6,8,10,15-16H,7,12H2,1H3,(H,13,14)/t8?,10-/m0/s1. The predicted octanol–water partition coefficient (Wildman–Crippen LogP) is 0.315. The molecule has 1 rings (SSSR count). The zero-order valence-corrected chi connectivity index (χ0v) is 10.5. The molecule has 94 valence electrons. The SMILES string of the molecule is CC(NC(=O)[C@@H](N)Cc1ccccc1)P(O)O. The highest BCUT2D eigenvalue weighted by molar-refractivity contribution is 7.45. The van der Waals surface area contributed by atoms with Crippen LogP contribution in [0.4, 0.5) is 0 Å². The highest BCUT2D eigenvalue weighted by atomic mass is 31.2. The van der Waals surface area contributed by atoms with Gasteiger partial charge in [0, 0.05) is 0 Å². The fourth-order valence-corrected chi connectivity index (χ4v) is 1.57. The van der Waals surface area contributed by atoms with Gasteiger partial charge in [-0.25, -0.2) is 0 Å². The smallest absolute Gasteiger partial charge is 0.237 e. The van der Waals surface area contributed by atoms with Gasteiger partial charge in [0.15, 0.2) is 8.38 Å². The molecule has 0 aromatic heterocycles. The molecule has 17 heavy (non-hydrogen) atoms. The maximum atomic E-state index is 11.6. The summed E-state index contributed by atoms with van der Waals surface area (Å²) in [5, 5.41) is 2.46. The number of hydrogen-bond acceptors (Lipinski definition) is 4. The molecular formula is C11H17N2O3P. The Morgan fingerprint density at radius 2 is 2.00 bits per heavy atom. The molecule has 0 fully saturated rings. The average Bonchev–Trinajstić information content (AvgIpc) is 2.29. The molecule has 1 amide bonds. The van der Waals surface area contributed by atoms with Crippen LogP contribution in [0.3, 0.4) is 0 Å². The Kier molecular flexibility index (Phi) is 5.51. The molecule has 5 nitrogen and oxygen atoms in total. The maximum Gasteiger partial charge on any atom is 0.237 e. The van der Waals surface area contributed by atoms with Crippen LogP contribution < -0.4 is 11.1 Å². The van der Waals surface area contributed by atoms with Gasteiger partial charge in [0.2, 0.25) is 5.91 Å². The molecule has 1 aromatic carbocycles. The molecule has 5 N–H and O–H groups in total. The minimum absolute atomic E-state index is 0.378. The second-order valence-electron chi connectivity index (χ2n) is 3.80. The van der Waals surface area contributed by atoms with Gasteiger partial charge in [0.25, 0.3) is 0 Å². The summed E-state index contributed by atoms with van der Waals surface area (Å²) in [5.74, 6) is -1.05. The van der Waals surface area contributed by atoms with Crippen LogP contribution in [0.2, 0.25) is 0 Å². The van der Waals surface area contributed by atoms with Crippen LogP contribution in [0.1, 0.15) is 12.5 Å². The summed E-state index contributed by atoms with van der Waals surface area (Å²) in [5.41, 5.74) is 6.70. The Morgan fingerprint density at radius 1 is 1.41 bits per heavy atom. The summed E-state index contributed by atoms with van der Waals surface area (Å²) in [6.07, 6.45) is 0.425. The third-order valence-corrected chi connectivity index (χ3v) is 3.15. The largest absolute Gasteiger partial charge is 0.349 e. The minimum atomic E-state index is -2.17. The topological polar surface area (TPSA) is 95.6 Å². The molecule has 0 saturated heterocycles. The normalized spacial score (nSPS) is 14.4. The molecule has 0 heterocycles. The Morgan fingerprint density at radius 3 is 2.53 bits per heavy atom. The van der Waals surface area contributed by atoms with Crippen LogP contribution >= 0.6 is 8.38 Å². The van der Waals surface area contributed by atoms with Gasteiger partial charge in [-0.05, 0) is 18.9 Å². The first kappa shape index (κ1) is 14.1. The second-order valence-corrected chi connectivity index (χ2v) is 5.22. The van der Waals surface area contributed by atoms with E-state index >= 15 is 0 Å². The summed E-state index contributed by atoms with van der Waals surface area (Å²) >= 11 is 0. The van der Waals surface area contributed by atoms with Gasteiger partial charge in [-0.1, -0.05) is 30.3 Å². The number of rotatable bonds is 5. The quantitative estimate of drug-likeness (QED) is 0.570. The first-order valence-corrected chi connectivity index (χ1v) is 6.59. The first-order chi connectivity index (χ1) is 8.00. The van der Waals surface area contributed by atoms with Gasteiger partial charge in [0.1, 0.15) is 0 Å². The summed E-state index contributed by atoms with van der Waals surface area (Å²) in [6.45, 7) is 1.53. The van der Waals surface area contributed by atoms with Crippen LogP contribution in [-0.4, -0.2) is 27.5 Å². The van der Waals surface area contributed by atoms with Gasteiger partial charge in [-0.2, -0.15) is 0 Å². The van der Waals surface area contributed by atoms with Crippen molar-refractivity contribution in [1.29, 1.82) is 0 Å². The van der Waals surface area contributed by atoms with E-state index in [9.17, 15) is 4.79 Å². The number of carbonyl (C=O) groups is 1. The Hall–Kier alpha value is -1.00. The van der Waals surface area contributed by atoms with Crippen molar-refractivity contribution in [2.75, 3.05) is 0 Å². The van der Waals surface area contributed by atoms with Crippen molar-refractivity contribution >= 4 is 14.3 Å². The van der Waals surface area contributed by atoms with Crippen LogP contribution in [0.15, 0.2) is 30.3 Å². The van der Waals surface area contributed by atoms with Gasteiger partial charge in [-0.15, -0.1) is 0 Å². The molecule has 0 bridgehead atoms. The summed E-state index contributed by atoms with van der Waals surface area (Å²) in [7, 11) is -2.17. The number of benzene rings is 1. The lowest BCUT2D eigenvalue weighted by atomic mass is 10.1. The monoisotopic (exact) mass is 256 g/mol. The molecule has 1 unspecified atom stereocenters. The number of amides is 1. The molecule has 0 spiro atoms. The van der Waals surface area contributed by atoms with E-state index in [0.29, 0.717) is 6.42 Å². The average molecular weight is 256 g/mol. The molecular weight excluding hydrogens is 239 g/mol. The highest BCUT2D eigenvalue weighted by Crippen LogP contribution is 2.28. The highest BCUT2D eigenvalue weighted by Gasteiger charge is 2.19. The maximum absolute atomic E-state index is 11.6. The van der Waals surface area contributed by atoms with Crippen molar-refractivity contribution in [3.05, 3.63) is 35.9 Å². The Balaban J connectivity index is 2.48. The van der Waals surface area contributed by atoms with Crippen LogP contribution in [0, 0.1) is 0 Å². The van der Waals surface area contributed by atoms with Gasteiger partial charge < -0.3 is 20.8 Å². The van der Waals surface area contributed by atoms with E-state index < -0.39 is 20.2 Å². The number of hydrogen-bond donors (Lipinski definition) is 4. The molecule has 0 saturated carbocycles. The number of nitrogens with two attached hydrogens (primary N) is 1. The fraction of sp³-hybridized carbons (Fsp3) is 0.364. The summed E-state index contributed by atoms with van der Waals surface area (Å²) < 4.78 is 0. The predicted molar refractivity (Wildman–Crippen MR) is 67.1 cm³/mol. The van der Waals surface area contributed by atoms with E-state index in [1.807, 2.05) is 30.3 Å². The molecule has 0 aliphatic heterocycles. The zero-order chi connectivity index (χ0) is 12.8. The lowest BCUT2D eigenvalue weighted by molar-refractivity contribution is -0.122. The van der Waals surface area contributed by atoms with Gasteiger partial charge in [-0.3, -0.25) is 4.79 Å². The Bertz CT molecular complexity index is 359. The summed E-state index contributed by atoms with van der Waals surface area (Å²) in [4.78, 5) is 29.4. The van der Waals surface area contributed by atoms with Crippen molar-refractivity contribution in [3.8, 4) is 0 Å². The van der Waals surface area contributed by atoms with E-state index in [2.05, 4.69) is 5.32 Å². The van der Waals surface area contributed by atoms with Crippen LogP contribution in [-0.2, 0) is 11.2 Å². The molecule has 0 aliphatic rings. The van der Waals surface area contributed by atoms with E-state index in [1.54, 1.807) is 0 Å². The third-order valence-electron chi connectivity index (χ3n) is 2.33. The number of carbonyl (C=O) groups excluding carboxylic acids is 1. The lowest BCUT2D eigenvalue weighted by Gasteiger charge is -2.18. The fourth-order valence-electron chi connectivity index (χ4n) is 1.33. The van der Waals surface area contributed by atoms with Crippen LogP contribution in [0.25, 0.3) is 0 Å². The van der Waals surface area contributed by atoms with Crippen molar-refractivity contribution in [3.63, 3.8) is 0 Å². The van der Waals surface area contributed by atoms with E-state index in [4.69, 9.17) is 15.5 Å². The zero-order valence-electron chi connectivity index (χ0n) is 9.58. The Labute approximate surface area is 102 Å². The van der Waals surface area contributed by atoms with Gasteiger partial charge >= 0.3 is 0 Å². The lowest BCUT2D eigenvalue weighted by Crippen LogP contribution is -2.44. The van der Waals surface area contributed by atoms with Crippen molar-refractivity contribution in [2.45, 2.75) is 25.2 Å². The molecule has 0 radical (unpaired) electrons. The number of nitrogens with one attached hydrogen (secondary N) is 1. The van der Waals surface area contributed by atoms with Crippen molar-refractivity contribution in [2.24, 2.45) is 5.73 Å². The molecule has 2 atom stereocenters. The van der Waals surface area contributed by atoms with E-state index in [1.165, 1.54) is 6.92 Å². The molecule has 6 heteroatoms. The first-order valence-electron chi connectivity index (χ1n) is 5.27.